The molecule has 0 atom stereocenters. The summed E-state index contributed by atoms with van der Waals surface area (Å²) in [6.07, 6.45) is 0. The van der Waals surface area contributed by atoms with Gasteiger partial charge >= 0.3 is 0 Å². The van der Waals surface area contributed by atoms with Crippen molar-refractivity contribution in [1.82, 2.24) is 14.5 Å². The molecule has 0 radical (unpaired) electrons. The summed E-state index contributed by atoms with van der Waals surface area (Å²) in [4.78, 5) is 0.114. The zero-order valence-corrected chi connectivity index (χ0v) is 22.1. The maximum Gasteiger partial charge on any atom is 0.240 e. The Morgan fingerprint density at radius 2 is 1.57 bits per heavy atom. The lowest BCUT2D eigenvalue weighted by Crippen LogP contribution is -2.24. The number of aromatic nitrogens is 2. The molecule has 1 N–H and O–H groups in total. The van der Waals surface area contributed by atoms with Gasteiger partial charge in [0.05, 0.1) is 33.5 Å². The molecular formula is C27H17Cl3N4O2S. The van der Waals surface area contributed by atoms with Gasteiger partial charge in [0.1, 0.15) is 11.6 Å². The highest BCUT2D eigenvalue weighted by molar-refractivity contribution is 7.89. The van der Waals surface area contributed by atoms with Gasteiger partial charge in [0.15, 0.2) is 0 Å². The van der Waals surface area contributed by atoms with Crippen molar-refractivity contribution in [3.8, 4) is 23.0 Å². The molecular weight excluding hydrogens is 551 g/mol. The van der Waals surface area contributed by atoms with E-state index in [0.717, 1.165) is 10.8 Å². The van der Waals surface area contributed by atoms with Crippen LogP contribution < -0.4 is 4.72 Å². The number of nitrogens with one attached hydrogen (secondary N) is 1. The predicted molar refractivity (Wildman–Crippen MR) is 147 cm³/mol. The Kier molecular flexibility index (Phi) is 6.95. The van der Waals surface area contributed by atoms with Gasteiger partial charge in [-0.15, -0.1) is 0 Å². The Morgan fingerprint density at radius 1 is 0.865 bits per heavy atom. The predicted octanol–water partition coefficient (Wildman–Crippen LogP) is 7.00. The van der Waals surface area contributed by atoms with Crippen molar-refractivity contribution >= 4 is 55.6 Å². The molecule has 5 aromatic rings. The number of fused-ring (bicyclic) bond motifs is 1. The molecule has 0 aliphatic carbocycles. The molecule has 1 heterocycles. The lowest BCUT2D eigenvalue weighted by molar-refractivity contribution is 0.580. The molecule has 0 aliphatic rings. The van der Waals surface area contributed by atoms with E-state index < -0.39 is 10.0 Å². The molecule has 0 amide bonds. The molecule has 5 rings (SSSR count). The van der Waals surface area contributed by atoms with Crippen molar-refractivity contribution < 1.29 is 8.42 Å². The molecule has 0 bridgehead atoms. The third-order valence-electron chi connectivity index (χ3n) is 5.79. The van der Waals surface area contributed by atoms with E-state index in [-0.39, 0.29) is 22.7 Å². The highest BCUT2D eigenvalue weighted by atomic mass is 35.5. The third-order valence-corrected chi connectivity index (χ3v) is 7.97. The van der Waals surface area contributed by atoms with Crippen molar-refractivity contribution in [2.75, 3.05) is 0 Å². The van der Waals surface area contributed by atoms with Crippen LogP contribution in [0.2, 0.25) is 15.1 Å². The van der Waals surface area contributed by atoms with Crippen molar-refractivity contribution in [3.63, 3.8) is 0 Å². The maximum atomic E-state index is 13.1. The lowest BCUT2D eigenvalue weighted by atomic mass is 10.1. The summed E-state index contributed by atoms with van der Waals surface area (Å²) < 4.78 is 30.4. The fraction of sp³-hybridized carbons (Fsp3) is 0.0370. The van der Waals surface area contributed by atoms with Crippen LogP contribution in [0.3, 0.4) is 0 Å². The Hall–Kier alpha value is -3.38. The largest absolute Gasteiger partial charge is 0.240 e. The molecule has 10 heteroatoms. The second-order valence-corrected chi connectivity index (χ2v) is 11.2. The van der Waals surface area contributed by atoms with Gasteiger partial charge in [-0.05, 0) is 53.2 Å². The summed E-state index contributed by atoms with van der Waals surface area (Å²) in [5.74, 6) is 0. The van der Waals surface area contributed by atoms with Crippen LogP contribution in [0.15, 0.2) is 89.8 Å². The smallest absolute Gasteiger partial charge is 0.230 e. The normalized spacial score (nSPS) is 11.5. The first kappa shape index (κ1) is 25.3. The van der Waals surface area contributed by atoms with Gasteiger partial charge in [-0.3, -0.25) is 0 Å². The Labute approximate surface area is 228 Å². The van der Waals surface area contributed by atoms with Gasteiger partial charge in [0.25, 0.3) is 0 Å². The first-order valence-electron chi connectivity index (χ1n) is 11.0. The number of benzene rings is 4. The standard InChI is InChI=1S/C27H17Cl3N4O2S/c28-20-8-5-18(6-9-20)27-23(15-31)25(33-34(27)26-12-10-21(29)14-24(26)30)16-32-37(35,36)22-11-7-17-3-1-2-4-19(17)13-22/h1-14,32H,16H2. The van der Waals surface area contributed by atoms with Crippen LogP contribution in [0, 0.1) is 11.3 Å². The monoisotopic (exact) mass is 566 g/mol. The van der Waals surface area contributed by atoms with Crippen LogP contribution in [-0.2, 0) is 16.6 Å². The Balaban J connectivity index is 1.57. The van der Waals surface area contributed by atoms with E-state index in [0.29, 0.717) is 32.0 Å². The van der Waals surface area contributed by atoms with Crippen molar-refractivity contribution in [2.45, 2.75) is 11.4 Å². The molecule has 6 nitrogen and oxygen atoms in total. The molecule has 0 spiro atoms. The summed E-state index contributed by atoms with van der Waals surface area (Å²) in [5, 5.41) is 17.7. The van der Waals surface area contributed by atoms with E-state index in [1.165, 1.54) is 4.68 Å². The number of nitriles is 1. The van der Waals surface area contributed by atoms with Crippen LogP contribution in [0.4, 0.5) is 0 Å². The van der Waals surface area contributed by atoms with Crippen LogP contribution in [0.1, 0.15) is 11.3 Å². The summed E-state index contributed by atoms with van der Waals surface area (Å²) in [5.41, 5.74) is 2.03. The lowest BCUT2D eigenvalue weighted by Gasteiger charge is -2.10. The fourth-order valence-electron chi connectivity index (χ4n) is 3.99. The van der Waals surface area contributed by atoms with Gasteiger partial charge < -0.3 is 0 Å². The second-order valence-electron chi connectivity index (χ2n) is 8.13. The molecule has 4 aromatic carbocycles. The maximum absolute atomic E-state index is 13.1. The zero-order valence-electron chi connectivity index (χ0n) is 19.0. The van der Waals surface area contributed by atoms with Crippen LogP contribution in [-0.4, -0.2) is 18.2 Å². The molecule has 0 aliphatic heterocycles. The Morgan fingerprint density at radius 3 is 2.27 bits per heavy atom. The van der Waals surface area contributed by atoms with Crippen molar-refractivity contribution in [1.29, 1.82) is 5.26 Å². The molecule has 0 unspecified atom stereocenters. The van der Waals surface area contributed by atoms with Gasteiger partial charge in [-0.2, -0.15) is 10.4 Å². The molecule has 37 heavy (non-hydrogen) atoms. The van der Waals surface area contributed by atoms with E-state index in [9.17, 15) is 13.7 Å². The van der Waals surface area contributed by atoms with Gasteiger partial charge in [0.2, 0.25) is 10.0 Å². The van der Waals surface area contributed by atoms with Crippen molar-refractivity contribution in [3.05, 3.63) is 111 Å². The van der Waals surface area contributed by atoms with Gasteiger partial charge in [-0.25, -0.2) is 17.8 Å². The van der Waals surface area contributed by atoms with Gasteiger partial charge in [-0.1, -0.05) is 77.3 Å². The van der Waals surface area contributed by atoms with Crippen LogP contribution >= 0.6 is 34.8 Å². The quantitative estimate of drug-likeness (QED) is 0.239. The second kappa shape index (κ2) is 10.2. The minimum absolute atomic E-state index is 0.114. The van der Waals surface area contributed by atoms with Gasteiger partial charge in [0, 0.05) is 15.6 Å². The minimum atomic E-state index is -3.90. The molecule has 1 aromatic heterocycles. The number of sulfonamides is 1. The van der Waals surface area contributed by atoms with E-state index in [1.54, 1.807) is 60.7 Å². The van der Waals surface area contributed by atoms with E-state index in [2.05, 4.69) is 15.9 Å². The molecule has 0 fully saturated rings. The van der Waals surface area contributed by atoms with Crippen LogP contribution in [0.5, 0.6) is 0 Å². The number of nitrogens with zero attached hydrogens (tertiary/aromatic N) is 3. The minimum Gasteiger partial charge on any atom is -0.230 e. The molecule has 0 saturated carbocycles. The third kappa shape index (κ3) is 5.08. The SMILES string of the molecule is N#Cc1c(CNS(=O)(=O)c2ccc3ccccc3c2)nn(-c2ccc(Cl)cc2Cl)c1-c1ccc(Cl)cc1. The van der Waals surface area contributed by atoms with E-state index in [1.807, 2.05) is 24.3 Å². The summed E-state index contributed by atoms with van der Waals surface area (Å²) in [7, 11) is -3.90. The average Bonchev–Trinajstić information content (AvgIpc) is 3.26. The number of hydrogen-bond donors (Lipinski definition) is 1. The molecule has 184 valence electrons. The van der Waals surface area contributed by atoms with Crippen molar-refractivity contribution in [2.24, 2.45) is 0 Å². The Bertz CT molecular complexity index is 1790. The highest BCUT2D eigenvalue weighted by Gasteiger charge is 2.24. The number of halogens is 3. The van der Waals surface area contributed by atoms with E-state index in [4.69, 9.17) is 34.8 Å². The summed E-state index contributed by atoms with van der Waals surface area (Å²) in [6, 6.07) is 26.4. The van der Waals surface area contributed by atoms with Crippen LogP contribution in [0.25, 0.3) is 27.7 Å². The summed E-state index contributed by atoms with van der Waals surface area (Å²) >= 11 is 18.6. The molecule has 0 saturated heterocycles. The summed E-state index contributed by atoms with van der Waals surface area (Å²) in [6.45, 7) is -0.211. The zero-order chi connectivity index (χ0) is 26.2. The van der Waals surface area contributed by atoms with E-state index >= 15 is 0 Å². The first-order valence-corrected chi connectivity index (χ1v) is 13.6. The highest BCUT2D eigenvalue weighted by Crippen LogP contribution is 2.33. The number of rotatable bonds is 6. The topological polar surface area (TPSA) is 87.8 Å². The first-order chi connectivity index (χ1) is 17.8. The fourth-order valence-corrected chi connectivity index (χ4v) is 5.62. The average molecular weight is 568 g/mol. The number of hydrogen-bond acceptors (Lipinski definition) is 4.